The van der Waals surface area contributed by atoms with Crippen molar-refractivity contribution in [2.45, 2.75) is 43.8 Å². The minimum atomic E-state index is -0.458. The second kappa shape index (κ2) is 8.50. The third kappa shape index (κ3) is 3.44. The molecule has 0 saturated carbocycles. The highest BCUT2D eigenvalue weighted by Gasteiger charge is 2.53. The van der Waals surface area contributed by atoms with Crippen LogP contribution in [0.3, 0.4) is 0 Å². The highest BCUT2D eigenvalue weighted by Crippen LogP contribution is 2.48. The van der Waals surface area contributed by atoms with Crippen LogP contribution >= 0.6 is 0 Å². The van der Waals surface area contributed by atoms with Gasteiger partial charge in [-0.05, 0) is 49.4 Å². The molecule has 3 amide bonds. The molecule has 3 aliphatic rings. The summed E-state index contributed by atoms with van der Waals surface area (Å²) in [5.41, 5.74) is 2.68. The van der Waals surface area contributed by atoms with E-state index in [0.717, 1.165) is 36.1 Å². The van der Waals surface area contributed by atoms with Gasteiger partial charge in [-0.2, -0.15) is 0 Å². The maximum absolute atomic E-state index is 13.6. The molecule has 3 unspecified atom stereocenters. The summed E-state index contributed by atoms with van der Waals surface area (Å²) in [6.45, 7) is 0.627. The minimum Gasteiger partial charge on any atom is -0.497 e. The van der Waals surface area contributed by atoms with Gasteiger partial charge in [0, 0.05) is 18.2 Å². The van der Waals surface area contributed by atoms with Gasteiger partial charge in [0.15, 0.2) is 0 Å². The van der Waals surface area contributed by atoms with E-state index in [0.29, 0.717) is 30.2 Å². The minimum absolute atomic E-state index is 0.00893. The number of fused-ring (bicyclic) bond motifs is 6. The van der Waals surface area contributed by atoms with Gasteiger partial charge in [-0.3, -0.25) is 4.79 Å². The van der Waals surface area contributed by atoms with Crippen LogP contribution in [0.2, 0.25) is 0 Å². The highest BCUT2D eigenvalue weighted by molar-refractivity contribution is 5.96. The number of para-hydroxylation sites is 2. The number of hydrogen-bond donors (Lipinski definition) is 1. The van der Waals surface area contributed by atoms with Crippen molar-refractivity contribution < 1.29 is 23.8 Å². The number of urea groups is 1. The fourth-order valence-electron chi connectivity index (χ4n) is 5.66. The van der Waals surface area contributed by atoms with E-state index in [-0.39, 0.29) is 24.0 Å². The van der Waals surface area contributed by atoms with Gasteiger partial charge in [-0.25, -0.2) is 4.79 Å². The molecule has 33 heavy (non-hydrogen) atoms. The van der Waals surface area contributed by atoms with Crippen molar-refractivity contribution in [3.8, 4) is 17.2 Å². The molecule has 0 aromatic heterocycles. The second-order valence-corrected chi connectivity index (χ2v) is 8.68. The standard InChI is InChI=1S/C25H29N3O5/c1-31-16-13-15-11-12-27-23(22(15)21(14-16)33-3)18-8-6-9-19(24(27)29)28(18)25(30)26-17-7-4-5-10-20(17)32-2/h4-5,7,10,13-14,18-19,23H,6,8-9,11-12H2,1-3H3,(H,26,30). The first-order valence-electron chi connectivity index (χ1n) is 11.3. The number of rotatable bonds is 4. The topological polar surface area (TPSA) is 80.3 Å². The Morgan fingerprint density at radius 3 is 2.58 bits per heavy atom. The Morgan fingerprint density at radius 1 is 1.03 bits per heavy atom. The summed E-state index contributed by atoms with van der Waals surface area (Å²) in [5.74, 6) is 2.02. The first kappa shape index (κ1) is 21.4. The predicted molar refractivity (Wildman–Crippen MR) is 123 cm³/mol. The summed E-state index contributed by atoms with van der Waals surface area (Å²) in [6, 6.07) is 10.1. The molecule has 2 fully saturated rings. The average molecular weight is 452 g/mol. The Labute approximate surface area is 193 Å². The third-order valence-electron chi connectivity index (χ3n) is 7.10. The number of methoxy groups -OCH3 is 3. The molecule has 2 aromatic carbocycles. The number of carbonyl (C=O) groups excluding carboxylic acids is 2. The molecule has 0 aliphatic carbocycles. The molecule has 2 bridgehead atoms. The molecule has 2 saturated heterocycles. The van der Waals surface area contributed by atoms with Crippen molar-refractivity contribution in [1.82, 2.24) is 9.80 Å². The van der Waals surface area contributed by atoms with Crippen molar-refractivity contribution in [3.63, 3.8) is 0 Å². The van der Waals surface area contributed by atoms with E-state index >= 15 is 0 Å². The van der Waals surface area contributed by atoms with Gasteiger partial charge < -0.3 is 29.3 Å². The molecule has 174 valence electrons. The zero-order valence-electron chi connectivity index (χ0n) is 19.2. The summed E-state index contributed by atoms with van der Waals surface area (Å²) < 4.78 is 16.6. The Kier molecular flexibility index (Phi) is 5.52. The summed E-state index contributed by atoms with van der Waals surface area (Å²) >= 11 is 0. The van der Waals surface area contributed by atoms with Crippen LogP contribution in [0.5, 0.6) is 17.2 Å². The van der Waals surface area contributed by atoms with E-state index in [1.165, 1.54) is 0 Å². The van der Waals surface area contributed by atoms with Gasteiger partial charge >= 0.3 is 6.03 Å². The first-order chi connectivity index (χ1) is 16.1. The van der Waals surface area contributed by atoms with Crippen LogP contribution in [0.15, 0.2) is 36.4 Å². The number of carbonyl (C=O) groups is 2. The van der Waals surface area contributed by atoms with Gasteiger partial charge in [-0.1, -0.05) is 12.1 Å². The molecular formula is C25H29N3O5. The average Bonchev–Trinajstić information content (AvgIpc) is 2.85. The largest absolute Gasteiger partial charge is 0.497 e. The Hall–Kier alpha value is -3.42. The number of nitrogens with one attached hydrogen (secondary N) is 1. The van der Waals surface area contributed by atoms with Crippen molar-refractivity contribution in [3.05, 3.63) is 47.5 Å². The van der Waals surface area contributed by atoms with Gasteiger partial charge in [0.25, 0.3) is 0 Å². The molecule has 1 N–H and O–H groups in total. The quantitative estimate of drug-likeness (QED) is 0.768. The normalized spacial score (nSPS) is 23.4. The molecule has 5 rings (SSSR count). The Bertz CT molecular complexity index is 1070. The number of ether oxygens (including phenoxy) is 3. The van der Waals surface area contributed by atoms with Gasteiger partial charge in [0.2, 0.25) is 5.91 Å². The van der Waals surface area contributed by atoms with Crippen molar-refractivity contribution in [2.75, 3.05) is 33.2 Å². The number of anilines is 1. The summed E-state index contributed by atoms with van der Waals surface area (Å²) in [6.07, 6.45) is 3.12. The molecular weight excluding hydrogens is 422 g/mol. The van der Waals surface area contributed by atoms with Crippen molar-refractivity contribution >= 4 is 17.6 Å². The molecule has 8 nitrogen and oxygen atoms in total. The van der Waals surface area contributed by atoms with Crippen molar-refractivity contribution in [1.29, 1.82) is 0 Å². The predicted octanol–water partition coefficient (Wildman–Crippen LogP) is 3.61. The van der Waals surface area contributed by atoms with Gasteiger partial charge in [-0.15, -0.1) is 0 Å². The lowest BCUT2D eigenvalue weighted by atomic mass is 9.78. The van der Waals surface area contributed by atoms with Crippen LogP contribution < -0.4 is 19.5 Å². The number of nitrogens with zero attached hydrogens (tertiary/aromatic N) is 2. The SMILES string of the molecule is COc1cc2c(c(OC)c1)C1C3CCCC(C(=O)N1CC2)N3C(=O)Nc1ccccc1OC. The van der Waals surface area contributed by atoms with Crippen LogP contribution in [0.1, 0.15) is 36.4 Å². The molecule has 0 spiro atoms. The van der Waals surface area contributed by atoms with Gasteiger partial charge in [0.05, 0.1) is 39.1 Å². The number of amides is 3. The summed E-state index contributed by atoms with van der Waals surface area (Å²) in [7, 11) is 4.84. The zero-order chi connectivity index (χ0) is 23.1. The van der Waals surface area contributed by atoms with Crippen LogP contribution in [0, 0.1) is 0 Å². The number of piperazine rings is 1. The van der Waals surface area contributed by atoms with E-state index in [1.807, 2.05) is 29.2 Å². The van der Waals surface area contributed by atoms with E-state index < -0.39 is 6.04 Å². The Morgan fingerprint density at radius 2 is 1.82 bits per heavy atom. The molecule has 3 heterocycles. The van der Waals surface area contributed by atoms with Gasteiger partial charge in [0.1, 0.15) is 23.3 Å². The number of piperidine rings is 1. The molecule has 8 heteroatoms. The molecule has 2 aromatic rings. The maximum atomic E-state index is 13.6. The monoisotopic (exact) mass is 451 g/mol. The fraction of sp³-hybridized carbons (Fsp3) is 0.440. The zero-order valence-corrected chi connectivity index (χ0v) is 19.2. The lowest BCUT2D eigenvalue weighted by molar-refractivity contribution is -0.152. The summed E-state index contributed by atoms with van der Waals surface area (Å²) in [4.78, 5) is 30.9. The smallest absolute Gasteiger partial charge is 0.322 e. The third-order valence-corrected chi connectivity index (χ3v) is 7.10. The highest BCUT2D eigenvalue weighted by atomic mass is 16.5. The number of benzene rings is 2. The van der Waals surface area contributed by atoms with Crippen LogP contribution in [0.4, 0.5) is 10.5 Å². The van der Waals surface area contributed by atoms with Crippen LogP contribution in [-0.4, -0.2) is 61.7 Å². The number of hydrogen-bond acceptors (Lipinski definition) is 5. The second-order valence-electron chi connectivity index (χ2n) is 8.68. The van der Waals surface area contributed by atoms with E-state index in [4.69, 9.17) is 14.2 Å². The molecule has 3 aliphatic heterocycles. The fourth-order valence-corrected chi connectivity index (χ4v) is 5.66. The Balaban J connectivity index is 1.55. The lowest BCUT2D eigenvalue weighted by Gasteiger charge is -2.55. The van der Waals surface area contributed by atoms with E-state index in [9.17, 15) is 9.59 Å². The van der Waals surface area contributed by atoms with E-state index in [2.05, 4.69) is 5.32 Å². The van der Waals surface area contributed by atoms with Crippen LogP contribution in [0.25, 0.3) is 0 Å². The molecule has 3 atom stereocenters. The molecule has 0 radical (unpaired) electrons. The first-order valence-corrected chi connectivity index (χ1v) is 11.3. The summed E-state index contributed by atoms with van der Waals surface area (Å²) in [5, 5.41) is 2.99. The van der Waals surface area contributed by atoms with E-state index in [1.54, 1.807) is 38.4 Å². The van der Waals surface area contributed by atoms with Crippen LogP contribution in [-0.2, 0) is 11.2 Å². The van der Waals surface area contributed by atoms with Crippen molar-refractivity contribution in [2.24, 2.45) is 0 Å². The maximum Gasteiger partial charge on any atom is 0.322 e. The lowest BCUT2D eigenvalue weighted by Crippen LogP contribution is -2.67.